The van der Waals surface area contributed by atoms with Crippen molar-refractivity contribution in [1.29, 1.82) is 0 Å². The fourth-order valence-electron chi connectivity index (χ4n) is 3.28. The number of rotatable bonds is 8. The molecule has 0 spiro atoms. The Balaban J connectivity index is 1.73. The molecule has 0 unspecified atom stereocenters. The van der Waals surface area contributed by atoms with Gasteiger partial charge in [-0.15, -0.1) is 0 Å². The summed E-state index contributed by atoms with van der Waals surface area (Å²) < 4.78 is 0. The molecule has 0 fully saturated rings. The summed E-state index contributed by atoms with van der Waals surface area (Å²) in [6.07, 6.45) is 1.31. The van der Waals surface area contributed by atoms with Gasteiger partial charge >= 0.3 is 0 Å². The van der Waals surface area contributed by atoms with E-state index < -0.39 is 5.91 Å². The number of amides is 2. The molecule has 2 amide bonds. The van der Waals surface area contributed by atoms with Crippen molar-refractivity contribution >= 4 is 23.3 Å². The van der Waals surface area contributed by atoms with Crippen molar-refractivity contribution in [3.8, 4) is 0 Å². The van der Waals surface area contributed by atoms with E-state index in [-0.39, 0.29) is 11.7 Å². The Labute approximate surface area is 188 Å². The van der Waals surface area contributed by atoms with Gasteiger partial charge in [0.2, 0.25) is 11.8 Å². The lowest BCUT2D eigenvalue weighted by Gasteiger charge is -2.23. The molecule has 5 nitrogen and oxygen atoms in total. The summed E-state index contributed by atoms with van der Waals surface area (Å²) >= 11 is 0. The van der Waals surface area contributed by atoms with Crippen molar-refractivity contribution in [2.24, 2.45) is 0 Å². The lowest BCUT2D eigenvalue weighted by molar-refractivity contribution is -0.128. The first-order valence-corrected chi connectivity index (χ1v) is 10.4. The maximum atomic E-state index is 13.2. The van der Waals surface area contributed by atoms with Gasteiger partial charge in [-0.1, -0.05) is 60.7 Å². The van der Waals surface area contributed by atoms with Crippen LogP contribution in [-0.4, -0.2) is 22.5 Å². The van der Waals surface area contributed by atoms with Gasteiger partial charge in [0, 0.05) is 36.0 Å². The molecule has 32 heavy (non-hydrogen) atoms. The highest BCUT2D eigenvalue weighted by atomic mass is 16.2. The highest BCUT2D eigenvalue weighted by molar-refractivity contribution is 6.06. The number of nitrogens with zero attached hydrogens (tertiary/aromatic N) is 1. The number of carbonyl (C=O) groups excluding carboxylic acids is 3. The van der Waals surface area contributed by atoms with Crippen LogP contribution in [0, 0.1) is 0 Å². The number of carbonyl (C=O) groups is 3. The van der Waals surface area contributed by atoms with E-state index >= 15 is 0 Å². The van der Waals surface area contributed by atoms with E-state index in [1.807, 2.05) is 60.7 Å². The first-order valence-electron chi connectivity index (χ1n) is 10.4. The van der Waals surface area contributed by atoms with Crippen molar-refractivity contribution < 1.29 is 14.4 Å². The van der Waals surface area contributed by atoms with Crippen LogP contribution < -0.4 is 5.32 Å². The predicted octanol–water partition coefficient (Wildman–Crippen LogP) is 5.00. The minimum Gasteiger partial charge on any atom is -0.330 e. The van der Waals surface area contributed by atoms with Gasteiger partial charge in [0.05, 0.1) is 0 Å². The molecular weight excluding hydrogens is 400 g/mol. The van der Waals surface area contributed by atoms with Crippen molar-refractivity contribution in [1.82, 2.24) is 4.90 Å². The maximum absolute atomic E-state index is 13.2. The van der Waals surface area contributed by atoms with E-state index in [0.717, 1.165) is 11.1 Å². The zero-order chi connectivity index (χ0) is 22.9. The largest absolute Gasteiger partial charge is 0.330 e. The lowest BCUT2D eigenvalue weighted by Crippen LogP contribution is -2.31. The van der Waals surface area contributed by atoms with Crippen LogP contribution in [0.4, 0.5) is 5.69 Å². The Bertz CT molecular complexity index is 1060. The number of hydrogen-bond donors (Lipinski definition) is 1. The number of benzene rings is 3. The van der Waals surface area contributed by atoms with Crippen LogP contribution in [0.2, 0.25) is 0 Å². The topological polar surface area (TPSA) is 66.5 Å². The fourth-order valence-corrected chi connectivity index (χ4v) is 3.28. The summed E-state index contributed by atoms with van der Waals surface area (Å²) in [4.78, 5) is 38.8. The van der Waals surface area contributed by atoms with E-state index in [9.17, 15) is 14.4 Å². The summed E-state index contributed by atoms with van der Waals surface area (Å²) in [5, 5.41) is 2.73. The first kappa shape index (κ1) is 22.7. The highest BCUT2D eigenvalue weighted by Crippen LogP contribution is 2.15. The van der Waals surface area contributed by atoms with Crippen molar-refractivity contribution in [2.75, 3.05) is 5.32 Å². The minimum absolute atomic E-state index is 0.0406. The molecule has 0 aliphatic carbocycles. The Morgan fingerprint density at radius 1 is 0.750 bits per heavy atom. The third-order valence-electron chi connectivity index (χ3n) is 4.96. The number of nitrogens with one attached hydrogen (secondary N) is 1. The molecule has 0 heterocycles. The quantitative estimate of drug-likeness (QED) is 0.407. The third kappa shape index (κ3) is 6.51. The molecule has 3 rings (SSSR count). The molecule has 5 heteroatoms. The maximum Gasteiger partial charge on any atom is 0.250 e. The van der Waals surface area contributed by atoms with E-state index in [0.29, 0.717) is 29.9 Å². The lowest BCUT2D eigenvalue weighted by atomic mass is 10.1. The van der Waals surface area contributed by atoms with Gasteiger partial charge in [0.15, 0.2) is 5.78 Å². The van der Waals surface area contributed by atoms with Gasteiger partial charge in [-0.25, -0.2) is 0 Å². The van der Waals surface area contributed by atoms with Gasteiger partial charge in [-0.05, 0) is 49.2 Å². The summed E-state index contributed by atoms with van der Waals surface area (Å²) in [6, 6.07) is 26.2. The van der Waals surface area contributed by atoms with E-state index in [2.05, 4.69) is 5.32 Å². The van der Waals surface area contributed by atoms with Gasteiger partial charge < -0.3 is 10.2 Å². The highest BCUT2D eigenvalue weighted by Gasteiger charge is 2.17. The molecule has 3 aromatic rings. The van der Waals surface area contributed by atoms with Crippen LogP contribution in [0.1, 0.15) is 35.3 Å². The van der Waals surface area contributed by atoms with Crippen LogP contribution in [0.15, 0.2) is 96.6 Å². The third-order valence-corrected chi connectivity index (χ3v) is 4.96. The summed E-state index contributed by atoms with van der Waals surface area (Å²) in [5.74, 6) is -0.647. The molecule has 0 aliphatic rings. The normalized spacial score (nSPS) is 11.0. The zero-order valence-corrected chi connectivity index (χ0v) is 18.2. The van der Waals surface area contributed by atoms with Gasteiger partial charge in [-0.2, -0.15) is 0 Å². The number of Topliss-reactive ketones (excluding diaryl/α,β-unsaturated/α-hetero) is 1. The second kappa shape index (κ2) is 10.9. The molecule has 1 N–H and O–H groups in total. The minimum atomic E-state index is -0.397. The molecule has 0 bridgehead atoms. The molecule has 0 aliphatic heterocycles. The number of hydrogen-bond acceptors (Lipinski definition) is 3. The summed E-state index contributed by atoms with van der Waals surface area (Å²) in [7, 11) is 0. The zero-order valence-electron chi connectivity index (χ0n) is 18.2. The Hall–Kier alpha value is -3.99. The molecule has 3 aromatic carbocycles. The Kier molecular flexibility index (Phi) is 7.70. The molecule has 0 saturated carbocycles. The second-order valence-electron chi connectivity index (χ2n) is 7.58. The van der Waals surface area contributed by atoms with Crippen molar-refractivity contribution in [3.63, 3.8) is 0 Å². The number of anilines is 1. The summed E-state index contributed by atoms with van der Waals surface area (Å²) in [5.41, 5.74) is 3.50. The van der Waals surface area contributed by atoms with Crippen molar-refractivity contribution in [2.45, 2.75) is 26.9 Å². The molecule has 0 saturated heterocycles. The van der Waals surface area contributed by atoms with Crippen LogP contribution in [0.25, 0.3) is 0 Å². The predicted molar refractivity (Wildman–Crippen MR) is 126 cm³/mol. The standard InChI is InChI=1S/C27H26N2O3/c1-20(17-26(31)28-25-15-13-24(14-16-25)21(2)30)27(32)29(18-22-9-5-3-6-10-22)19-23-11-7-4-8-12-23/h3-17H,18-19H2,1-2H3,(H,28,31)/b20-17-. The van der Waals surface area contributed by atoms with Gasteiger partial charge in [0.25, 0.3) is 0 Å². The van der Waals surface area contributed by atoms with Crippen LogP contribution in [0.5, 0.6) is 0 Å². The number of ketones is 1. The SMILES string of the molecule is CC(=O)c1ccc(NC(=O)/C=C(/C)C(=O)N(Cc2ccccc2)Cc2ccccc2)cc1. The fraction of sp³-hybridized carbons (Fsp3) is 0.148. The van der Waals surface area contributed by atoms with Gasteiger partial charge in [0.1, 0.15) is 0 Å². The van der Waals surface area contributed by atoms with Crippen LogP contribution >= 0.6 is 0 Å². The smallest absolute Gasteiger partial charge is 0.250 e. The molecular formula is C27H26N2O3. The summed E-state index contributed by atoms with van der Waals surface area (Å²) in [6.45, 7) is 4.01. The Morgan fingerprint density at radius 3 is 1.72 bits per heavy atom. The average molecular weight is 427 g/mol. The first-order chi connectivity index (χ1) is 15.4. The van der Waals surface area contributed by atoms with Crippen LogP contribution in [-0.2, 0) is 22.7 Å². The second-order valence-corrected chi connectivity index (χ2v) is 7.58. The Morgan fingerprint density at radius 2 is 1.25 bits per heavy atom. The molecule has 0 atom stereocenters. The average Bonchev–Trinajstić information content (AvgIpc) is 2.79. The van der Waals surface area contributed by atoms with E-state index in [4.69, 9.17) is 0 Å². The van der Waals surface area contributed by atoms with E-state index in [1.165, 1.54) is 13.0 Å². The molecule has 162 valence electrons. The molecule has 0 aromatic heterocycles. The molecule has 0 radical (unpaired) electrons. The monoisotopic (exact) mass is 426 g/mol. The van der Waals surface area contributed by atoms with E-state index in [1.54, 1.807) is 36.1 Å². The van der Waals surface area contributed by atoms with Crippen LogP contribution in [0.3, 0.4) is 0 Å². The van der Waals surface area contributed by atoms with Crippen molar-refractivity contribution in [3.05, 3.63) is 113 Å². The van der Waals surface area contributed by atoms with Gasteiger partial charge in [-0.3, -0.25) is 14.4 Å².